The highest BCUT2D eigenvalue weighted by Gasteiger charge is 2.22. The molecule has 0 unspecified atom stereocenters. The smallest absolute Gasteiger partial charge is 0.292 e. The molecule has 2 N–H and O–H groups in total. The molecule has 1 amide bonds. The standard InChI is InChI=1S/C18H15N3O4/c1-11(12-6-8-13(9-7-12)21(24)25)20-18(23)17(22)15-10-19-16-5-3-2-4-14(15)16/h2-11,19H,1H3,(H,20,23)/t11-/m1/s1. The average molecular weight is 337 g/mol. The zero-order valence-corrected chi connectivity index (χ0v) is 13.4. The summed E-state index contributed by atoms with van der Waals surface area (Å²) in [7, 11) is 0. The van der Waals surface area contributed by atoms with Crippen LogP contribution in [-0.4, -0.2) is 21.6 Å². The number of nitro benzene ring substituents is 1. The fraction of sp³-hybridized carbons (Fsp3) is 0.111. The van der Waals surface area contributed by atoms with Crippen LogP contribution in [0, 0.1) is 10.1 Å². The fourth-order valence-corrected chi connectivity index (χ4v) is 2.61. The number of fused-ring (bicyclic) bond motifs is 1. The van der Waals surface area contributed by atoms with Gasteiger partial charge in [-0.2, -0.15) is 0 Å². The minimum atomic E-state index is -0.726. The third-order valence-corrected chi connectivity index (χ3v) is 3.99. The van der Waals surface area contributed by atoms with Gasteiger partial charge in [0.25, 0.3) is 17.4 Å². The lowest BCUT2D eigenvalue weighted by molar-refractivity contribution is -0.384. The van der Waals surface area contributed by atoms with E-state index >= 15 is 0 Å². The van der Waals surface area contributed by atoms with E-state index in [-0.39, 0.29) is 5.69 Å². The van der Waals surface area contributed by atoms with Gasteiger partial charge >= 0.3 is 0 Å². The van der Waals surface area contributed by atoms with E-state index in [1.54, 1.807) is 31.2 Å². The van der Waals surface area contributed by atoms with Gasteiger partial charge in [0, 0.05) is 29.2 Å². The Bertz CT molecular complexity index is 960. The van der Waals surface area contributed by atoms with Crippen molar-refractivity contribution in [2.24, 2.45) is 0 Å². The Morgan fingerprint density at radius 1 is 1.12 bits per heavy atom. The number of hydrogen-bond donors (Lipinski definition) is 2. The van der Waals surface area contributed by atoms with Gasteiger partial charge in [-0.1, -0.05) is 30.3 Å². The lowest BCUT2D eigenvalue weighted by Gasteiger charge is -2.13. The Labute approximate surface area is 142 Å². The number of rotatable bonds is 5. The van der Waals surface area contributed by atoms with Crippen LogP contribution >= 0.6 is 0 Å². The van der Waals surface area contributed by atoms with Gasteiger partial charge in [-0.15, -0.1) is 0 Å². The van der Waals surface area contributed by atoms with Crippen LogP contribution < -0.4 is 5.32 Å². The summed E-state index contributed by atoms with van der Waals surface area (Å²) in [5.41, 5.74) is 1.73. The number of H-pyrrole nitrogens is 1. The van der Waals surface area contributed by atoms with Gasteiger partial charge in [0.05, 0.1) is 16.5 Å². The summed E-state index contributed by atoms with van der Waals surface area (Å²) in [6.45, 7) is 1.71. The maximum atomic E-state index is 12.4. The first-order chi connectivity index (χ1) is 12.0. The molecule has 0 aliphatic carbocycles. The fourth-order valence-electron chi connectivity index (χ4n) is 2.61. The quantitative estimate of drug-likeness (QED) is 0.323. The number of carbonyl (C=O) groups excluding carboxylic acids is 2. The van der Waals surface area contributed by atoms with Gasteiger partial charge in [-0.25, -0.2) is 0 Å². The summed E-state index contributed by atoms with van der Waals surface area (Å²) in [6.07, 6.45) is 1.52. The highest BCUT2D eigenvalue weighted by Crippen LogP contribution is 2.20. The van der Waals surface area contributed by atoms with Crippen molar-refractivity contribution in [1.82, 2.24) is 10.3 Å². The monoisotopic (exact) mass is 337 g/mol. The molecule has 3 rings (SSSR count). The Morgan fingerprint density at radius 3 is 2.48 bits per heavy atom. The molecule has 7 heteroatoms. The number of hydrogen-bond acceptors (Lipinski definition) is 4. The molecule has 0 spiro atoms. The van der Waals surface area contributed by atoms with E-state index in [1.807, 2.05) is 12.1 Å². The zero-order valence-electron chi connectivity index (χ0n) is 13.4. The van der Waals surface area contributed by atoms with Crippen LogP contribution in [0.1, 0.15) is 28.9 Å². The topological polar surface area (TPSA) is 105 Å². The molecule has 1 atom stereocenters. The van der Waals surface area contributed by atoms with Crippen molar-refractivity contribution < 1.29 is 14.5 Å². The van der Waals surface area contributed by atoms with Crippen molar-refractivity contribution in [2.45, 2.75) is 13.0 Å². The Morgan fingerprint density at radius 2 is 1.80 bits per heavy atom. The van der Waals surface area contributed by atoms with Gasteiger partial charge < -0.3 is 10.3 Å². The number of para-hydroxylation sites is 1. The molecule has 0 fully saturated rings. The van der Waals surface area contributed by atoms with Crippen molar-refractivity contribution in [3.8, 4) is 0 Å². The van der Waals surface area contributed by atoms with Crippen LogP contribution in [0.25, 0.3) is 10.9 Å². The van der Waals surface area contributed by atoms with Crippen LogP contribution in [0.4, 0.5) is 5.69 Å². The first-order valence-corrected chi connectivity index (χ1v) is 7.63. The molecule has 7 nitrogen and oxygen atoms in total. The summed E-state index contributed by atoms with van der Waals surface area (Å²) in [5.74, 6) is -1.36. The van der Waals surface area contributed by atoms with Crippen molar-refractivity contribution in [3.63, 3.8) is 0 Å². The number of Topliss-reactive ketones (excluding diaryl/α,β-unsaturated/α-hetero) is 1. The maximum Gasteiger partial charge on any atom is 0.292 e. The van der Waals surface area contributed by atoms with E-state index in [9.17, 15) is 19.7 Å². The molecule has 126 valence electrons. The Hall–Kier alpha value is -3.48. The second-order valence-corrected chi connectivity index (χ2v) is 5.62. The first-order valence-electron chi connectivity index (χ1n) is 7.63. The molecule has 0 aliphatic rings. The number of aromatic amines is 1. The number of ketones is 1. The SMILES string of the molecule is C[C@@H](NC(=O)C(=O)c1c[nH]c2ccccc12)c1ccc([N+](=O)[O-])cc1. The molecule has 0 bridgehead atoms. The van der Waals surface area contributed by atoms with Gasteiger partial charge in [-0.05, 0) is 18.6 Å². The molecule has 3 aromatic rings. The van der Waals surface area contributed by atoms with Crippen molar-refractivity contribution in [3.05, 3.63) is 76.0 Å². The number of benzene rings is 2. The largest absolute Gasteiger partial charge is 0.360 e. The van der Waals surface area contributed by atoms with Gasteiger partial charge in [-0.3, -0.25) is 19.7 Å². The number of nitrogens with zero attached hydrogens (tertiary/aromatic N) is 1. The molecular formula is C18H15N3O4. The average Bonchev–Trinajstić information content (AvgIpc) is 3.05. The van der Waals surface area contributed by atoms with Gasteiger partial charge in [0.1, 0.15) is 0 Å². The second kappa shape index (κ2) is 6.56. The number of non-ortho nitro benzene ring substituents is 1. The van der Waals surface area contributed by atoms with E-state index in [0.717, 1.165) is 5.52 Å². The maximum absolute atomic E-state index is 12.4. The third kappa shape index (κ3) is 3.25. The van der Waals surface area contributed by atoms with E-state index in [0.29, 0.717) is 16.5 Å². The Balaban J connectivity index is 1.74. The first kappa shape index (κ1) is 16.4. The van der Waals surface area contributed by atoms with Crippen molar-refractivity contribution in [2.75, 3.05) is 0 Å². The van der Waals surface area contributed by atoms with E-state index in [2.05, 4.69) is 10.3 Å². The minimum Gasteiger partial charge on any atom is -0.360 e. The molecule has 0 saturated heterocycles. The summed E-state index contributed by atoms with van der Waals surface area (Å²) < 4.78 is 0. The van der Waals surface area contributed by atoms with Crippen LogP contribution in [0.3, 0.4) is 0 Å². The molecule has 0 saturated carbocycles. The summed E-state index contributed by atoms with van der Waals surface area (Å²) in [6, 6.07) is 12.6. The molecule has 1 aromatic heterocycles. The van der Waals surface area contributed by atoms with Crippen molar-refractivity contribution in [1.29, 1.82) is 0 Å². The molecule has 1 heterocycles. The number of nitrogens with one attached hydrogen (secondary N) is 2. The zero-order chi connectivity index (χ0) is 18.0. The lowest BCUT2D eigenvalue weighted by Crippen LogP contribution is -2.33. The number of carbonyl (C=O) groups is 2. The third-order valence-electron chi connectivity index (χ3n) is 3.99. The van der Waals surface area contributed by atoms with E-state index in [1.165, 1.54) is 18.3 Å². The molecule has 0 radical (unpaired) electrons. The Kier molecular flexibility index (Phi) is 4.30. The number of aromatic nitrogens is 1. The minimum absolute atomic E-state index is 0.0304. The lowest BCUT2D eigenvalue weighted by atomic mass is 10.1. The number of nitro groups is 1. The van der Waals surface area contributed by atoms with Gasteiger partial charge in [0.15, 0.2) is 0 Å². The predicted octanol–water partition coefficient (Wildman–Crippen LogP) is 3.14. The van der Waals surface area contributed by atoms with Gasteiger partial charge in [0.2, 0.25) is 0 Å². The van der Waals surface area contributed by atoms with Crippen LogP contribution in [0.15, 0.2) is 54.7 Å². The van der Waals surface area contributed by atoms with Crippen molar-refractivity contribution >= 4 is 28.3 Å². The van der Waals surface area contributed by atoms with E-state index < -0.39 is 22.7 Å². The predicted molar refractivity (Wildman–Crippen MR) is 92.3 cm³/mol. The highest BCUT2D eigenvalue weighted by atomic mass is 16.6. The molecule has 25 heavy (non-hydrogen) atoms. The van der Waals surface area contributed by atoms with Crippen LogP contribution in [0.2, 0.25) is 0 Å². The summed E-state index contributed by atoms with van der Waals surface area (Å²) in [5, 5.41) is 14.0. The molecular weight excluding hydrogens is 322 g/mol. The molecule has 2 aromatic carbocycles. The second-order valence-electron chi connectivity index (χ2n) is 5.62. The van der Waals surface area contributed by atoms with E-state index in [4.69, 9.17) is 0 Å². The molecule has 0 aliphatic heterocycles. The summed E-state index contributed by atoms with van der Waals surface area (Å²) >= 11 is 0. The number of amides is 1. The normalized spacial score (nSPS) is 11.9. The van der Waals surface area contributed by atoms with Crippen LogP contribution in [0.5, 0.6) is 0 Å². The van der Waals surface area contributed by atoms with Crippen LogP contribution in [-0.2, 0) is 4.79 Å². The summed E-state index contributed by atoms with van der Waals surface area (Å²) in [4.78, 5) is 37.8. The highest BCUT2D eigenvalue weighted by molar-refractivity contribution is 6.45.